The average Bonchev–Trinajstić information content (AvgIpc) is 3.74. The Balaban J connectivity index is 4.02. The van der Waals surface area contributed by atoms with Gasteiger partial charge in [-0.25, -0.2) is 4.57 Å². The lowest BCUT2D eigenvalue weighted by atomic mass is 10.0. The third kappa shape index (κ3) is 73.5. The van der Waals surface area contributed by atoms with Crippen LogP contribution in [-0.4, -0.2) is 49.3 Å². The summed E-state index contributed by atoms with van der Waals surface area (Å²) in [5.74, 6) is -0.861. The SMILES string of the molecule is CC/C=C\C/C=C\C/C=C\C/C=C\C/C=C\C/C=C\C/C=C\C/C=C\C/C=C\C/C=C\CCCCCCCCC(=O)OC(COC(=O)CCCCCCCCCCCCC/C=C\C/C=C\C/C=C\C/C=C\C/C=C\C/C=C\C/C=C\CC)COP(=O)(O)OCCN. The summed E-state index contributed by atoms with van der Waals surface area (Å²) in [7, 11) is -4.42. The molecule has 0 radical (unpaired) electrons. The van der Waals surface area contributed by atoms with Crippen molar-refractivity contribution in [3.8, 4) is 0 Å². The fourth-order valence-corrected chi connectivity index (χ4v) is 9.76. The Hall–Kier alpha value is -5.41. The van der Waals surface area contributed by atoms with Gasteiger partial charge in [0.15, 0.2) is 6.10 Å². The monoisotopic (exact) mass is 1270 g/mol. The highest BCUT2D eigenvalue weighted by Crippen LogP contribution is 2.43. The van der Waals surface area contributed by atoms with Crippen molar-refractivity contribution in [3.05, 3.63) is 207 Å². The standard InChI is InChI=1S/C81H128NO8P/c1-3-5-7-9-11-13-15-17-19-21-23-25-27-29-31-33-35-37-38-39-40-42-44-46-48-50-52-54-56-58-60-62-64-66-68-70-72-74-81(84)90-79(78-89-91(85,86)88-76-75-82)77-87-80(83)73-71-69-67-65-63-61-59-57-55-53-51-49-47-45-43-41-36-34-32-30-28-26-24-22-20-18-16-14-12-10-8-6-4-2/h5-8,11-14,17-20,23-26,29-32,35-37,39-41,44-47,50,52,56,58,79H,3-4,9-10,15-16,21-22,27-28,33-34,38,42-43,48-49,51,53-55,57,59-78,82H2,1-2H3,(H,85,86)/b7-5-,8-6-,13-11-,14-12-,19-17-,20-18-,25-23-,26-24-,31-29-,32-30-,37-35-,40-39-,41-36-,46-44-,47-45-,52-50-,58-56-. The van der Waals surface area contributed by atoms with Gasteiger partial charge in [0.2, 0.25) is 0 Å². The van der Waals surface area contributed by atoms with Crippen LogP contribution in [-0.2, 0) is 32.7 Å². The molecular formula is C81H128NO8P. The molecule has 3 N–H and O–H groups in total. The highest BCUT2D eigenvalue weighted by Gasteiger charge is 2.26. The smallest absolute Gasteiger partial charge is 0.462 e. The molecule has 0 saturated carbocycles. The second kappa shape index (κ2) is 73.6. The maximum absolute atomic E-state index is 12.8. The highest BCUT2D eigenvalue weighted by atomic mass is 31.2. The van der Waals surface area contributed by atoms with Crippen LogP contribution < -0.4 is 5.73 Å². The molecule has 0 heterocycles. The van der Waals surface area contributed by atoms with E-state index in [1.54, 1.807) is 0 Å². The van der Waals surface area contributed by atoms with Crippen LogP contribution in [0.25, 0.3) is 0 Å². The fourth-order valence-electron chi connectivity index (χ4n) is 9.00. The summed E-state index contributed by atoms with van der Waals surface area (Å²) >= 11 is 0. The van der Waals surface area contributed by atoms with E-state index in [1.807, 2.05) is 0 Å². The quantitative estimate of drug-likeness (QED) is 0.0264. The number of phosphoric acid groups is 1. The maximum Gasteiger partial charge on any atom is 0.472 e. The van der Waals surface area contributed by atoms with Crippen LogP contribution in [0.1, 0.15) is 258 Å². The van der Waals surface area contributed by atoms with Crippen molar-refractivity contribution in [3.63, 3.8) is 0 Å². The minimum atomic E-state index is -4.42. The minimum absolute atomic E-state index is 0.0396. The number of unbranched alkanes of at least 4 members (excludes halogenated alkanes) is 17. The Labute approximate surface area is 557 Å². The van der Waals surface area contributed by atoms with Crippen LogP contribution in [0.15, 0.2) is 207 Å². The molecule has 9 nitrogen and oxygen atoms in total. The molecular weight excluding hydrogens is 1150 g/mol. The van der Waals surface area contributed by atoms with Gasteiger partial charge < -0.3 is 20.1 Å². The molecule has 0 aromatic heterocycles. The van der Waals surface area contributed by atoms with Gasteiger partial charge in [0.25, 0.3) is 0 Å². The van der Waals surface area contributed by atoms with Gasteiger partial charge in [-0.3, -0.25) is 18.6 Å². The molecule has 0 bridgehead atoms. The Kier molecular flexibility index (Phi) is 69.3. The summed E-state index contributed by atoms with van der Waals surface area (Å²) in [6.07, 6.45) is 113. The Bertz CT molecular complexity index is 2250. The predicted octanol–water partition coefficient (Wildman–Crippen LogP) is 23.9. The first-order valence-electron chi connectivity index (χ1n) is 35.6. The number of allylic oxidation sites excluding steroid dienone is 34. The van der Waals surface area contributed by atoms with E-state index in [9.17, 15) is 19.0 Å². The first kappa shape index (κ1) is 85.6. The zero-order chi connectivity index (χ0) is 65.8. The van der Waals surface area contributed by atoms with Gasteiger partial charge >= 0.3 is 19.8 Å². The van der Waals surface area contributed by atoms with Gasteiger partial charge in [-0.05, 0) is 148 Å². The van der Waals surface area contributed by atoms with Gasteiger partial charge in [-0.1, -0.05) is 304 Å². The summed E-state index contributed by atoms with van der Waals surface area (Å²) in [6, 6.07) is 0. The number of rotatable bonds is 64. The summed E-state index contributed by atoms with van der Waals surface area (Å²) in [5.41, 5.74) is 5.40. The molecule has 0 saturated heterocycles. The zero-order valence-corrected chi connectivity index (χ0v) is 58.1. The molecule has 0 rings (SSSR count). The second-order valence-electron chi connectivity index (χ2n) is 22.6. The van der Waals surface area contributed by atoms with Crippen LogP contribution in [0.2, 0.25) is 0 Å². The van der Waals surface area contributed by atoms with E-state index in [1.165, 1.54) is 44.9 Å². The molecule has 0 aromatic rings. The number of hydrogen-bond acceptors (Lipinski definition) is 8. The van der Waals surface area contributed by atoms with Crippen LogP contribution in [0, 0.1) is 0 Å². The van der Waals surface area contributed by atoms with Crippen molar-refractivity contribution in [1.82, 2.24) is 0 Å². The molecule has 510 valence electrons. The Morgan fingerprint density at radius 1 is 0.330 bits per heavy atom. The topological polar surface area (TPSA) is 134 Å². The first-order valence-corrected chi connectivity index (χ1v) is 37.1. The summed E-state index contributed by atoms with van der Waals surface area (Å²) < 4.78 is 33.2. The first-order chi connectivity index (χ1) is 44.8. The van der Waals surface area contributed by atoms with Crippen LogP contribution in [0.5, 0.6) is 0 Å². The van der Waals surface area contributed by atoms with Gasteiger partial charge in [-0.2, -0.15) is 0 Å². The zero-order valence-electron chi connectivity index (χ0n) is 57.2. The number of hydrogen-bond donors (Lipinski definition) is 2. The summed E-state index contributed by atoms with van der Waals surface area (Å²) in [5, 5.41) is 0. The van der Waals surface area contributed by atoms with E-state index in [2.05, 4.69) is 220 Å². The third-order valence-corrected chi connectivity index (χ3v) is 15.1. The number of ether oxygens (including phenoxy) is 2. The van der Waals surface area contributed by atoms with E-state index in [0.29, 0.717) is 12.8 Å². The van der Waals surface area contributed by atoms with E-state index in [4.69, 9.17) is 24.3 Å². The lowest BCUT2D eigenvalue weighted by molar-refractivity contribution is -0.161. The molecule has 0 fully saturated rings. The average molecular weight is 1270 g/mol. The molecule has 10 heteroatoms. The van der Waals surface area contributed by atoms with Crippen molar-refractivity contribution in [1.29, 1.82) is 0 Å². The van der Waals surface area contributed by atoms with Crippen LogP contribution in [0.3, 0.4) is 0 Å². The lowest BCUT2D eigenvalue weighted by Crippen LogP contribution is -2.29. The van der Waals surface area contributed by atoms with Gasteiger partial charge in [0.05, 0.1) is 13.2 Å². The number of nitrogens with two attached hydrogens (primary N) is 1. The normalized spacial score (nSPS) is 14.2. The lowest BCUT2D eigenvalue weighted by Gasteiger charge is -2.19. The third-order valence-electron chi connectivity index (χ3n) is 14.2. The van der Waals surface area contributed by atoms with Crippen molar-refractivity contribution in [2.45, 2.75) is 264 Å². The predicted molar refractivity (Wildman–Crippen MR) is 394 cm³/mol. The molecule has 0 amide bonds. The Morgan fingerprint density at radius 3 is 0.846 bits per heavy atom. The minimum Gasteiger partial charge on any atom is -0.462 e. The molecule has 0 aliphatic heterocycles. The summed E-state index contributed by atoms with van der Waals surface area (Å²) in [4.78, 5) is 35.4. The number of esters is 2. The largest absolute Gasteiger partial charge is 0.472 e. The second-order valence-corrected chi connectivity index (χ2v) is 24.1. The van der Waals surface area contributed by atoms with Gasteiger partial charge in [0.1, 0.15) is 6.61 Å². The number of carbonyl (C=O) groups excluding carboxylic acids is 2. The summed E-state index contributed by atoms with van der Waals surface area (Å²) in [6.45, 7) is 3.48. The number of phosphoric ester groups is 1. The molecule has 0 aromatic carbocycles. The molecule has 0 aliphatic carbocycles. The van der Waals surface area contributed by atoms with Crippen molar-refractivity contribution in [2.24, 2.45) is 5.73 Å². The van der Waals surface area contributed by atoms with E-state index in [0.717, 1.165) is 173 Å². The molecule has 0 aliphatic rings. The number of carbonyl (C=O) groups is 2. The van der Waals surface area contributed by atoms with Crippen LogP contribution >= 0.6 is 7.82 Å². The van der Waals surface area contributed by atoms with Gasteiger partial charge in [-0.15, -0.1) is 0 Å². The molecule has 0 spiro atoms. The van der Waals surface area contributed by atoms with Crippen molar-refractivity contribution in [2.75, 3.05) is 26.4 Å². The highest BCUT2D eigenvalue weighted by molar-refractivity contribution is 7.47. The van der Waals surface area contributed by atoms with Crippen LogP contribution in [0.4, 0.5) is 0 Å². The van der Waals surface area contributed by atoms with E-state index in [-0.39, 0.29) is 32.6 Å². The van der Waals surface area contributed by atoms with Gasteiger partial charge in [0, 0.05) is 19.4 Å². The maximum atomic E-state index is 12.8. The fraction of sp³-hybridized carbons (Fsp3) is 0.556. The Morgan fingerprint density at radius 2 is 0.571 bits per heavy atom. The molecule has 2 atom stereocenters. The van der Waals surface area contributed by atoms with Crippen molar-refractivity contribution < 1.29 is 37.6 Å². The molecule has 91 heavy (non-hydrogen) atoms. The van der Waals surface area contributed by atoms with E-state index >= 15 is 0 Å². The molecule has 2 unspecified atom stereocenters. The van der Waals surface area contributed by atoms with E-state index < -0.39 is 32.5 Å². The van der Waals surface area contributed by atoms with Crippen molar-refractivity contribution >= 4 is 19.8 Å².